The van der Waals surface area contributed by atoms with Gasteiger partial charge in [-0.2, -0.15) is 0 Å². The van der Waals surface area contributed by atoms with Crippen molar-refractivity contribution in [2.24, 2.45) is 0 Å². The first-order valence-corrected chi connectivity index (χ1v) is 16.9. The van der Waals surface area contributed by atoms with E-state index in [4.69, 9.17) is 9.47 Å². The Bertz CT molecular complexity index is 1730. The van der Waals surface area contributed by atoms with Gasteiger partial charge in [0.1, 0.15) is 0 Å². The van der Waals surface area contributed by atoms with Gasteiger partial charge in [-0.15, -0.1) is 0 Å². The average Bonchev–Trinajstić information content (AvgIpc) is 3.09. The van der Waals surface area contributed by atoms with Gasteiger partial charge in [0.15, 0.2) is 6.29 Å². The summed E-state index contributed by atoms with van der Waals surface area (Å²) in [7, 11) is -3.71. The van der Waals surface area contributed by atoms with Crippen molar-refractivity contribution in [3.8, 4) is 0 Å². The number of aliphatic hydroxyl groups is 1. The summed E-state index contributed by atoms with van der Waals surface area (Å²) in [4.78, 5) is 2.61. The first-order valence-electron chi connectivity index (χ1n) is 15.4. The van der Waals surface area contributed by atoms with Crippen LogP contribution in [0.3, 0.4) is 0 Å². The van der Waals surface area contributed by atoms with Crippen LogP contribution < -0.4 is 4.72 Å². The molecule has 1 saturated heterocycles. The Kier molecular flexibility index (Phi) is 10.2. The van der Waals surface area contributed by atoms with Gasteiger partial charge in [-0.05, 0) is 46.5 Å². The molecule has 0 saturated carbocycles. The Hall–Kier alpha value is -4.31. The van der Waals surface area contributed by atoms with E-state index in [0.717, 1.165) is 29.8 Å². The zero-order chi connectivity index (χ0) is 31.8. The number of anilines is 1. The average molecular weight is 635 g/mol. The lowest BCUT2D eigenvalue weighted by atomic mass is 9.99. The largest absolute Gasteiger partial charge is 0.392 e. The molecule has 6 rings (SSSR count). The van der Waals surface area contributed by atoms with Gasteiger partial charge in [0, 0.05) is 37.3 Å². The number of aliphatic hydroxyl groups excluding tert-OH is 1. The summed E-state index contributed by atoms with van der Waals surface area (Å²) in [6, 6.07) is 44.2. The molecular formula is C38H38N2O5S. The second-order valence-corrected chi connectivity index (χ2v) is 13.2. The first kappa shape index (κ1) is 31.7. The number of nitrogens with zero attached hydrogens (tertiary/aromatic N) is 1. The maximum absolute atomic E-state index is 12.9. The van der Waals surface area contributed by atoms with Crippen molar-refractivity contribution in [3.05, 3.63) is 167 Å². The molecule has 0 spiro atoms. The normalized spacial score (nSPS) is 18.3. The number of sulfonamides is 1. The van der Waals surface area contributed by atoms with Gasteiger partial charge in [-0.1, -0.05) is 115 Å². The molecule has 46 heavy (non-hydrogen) atoms. The third kappa shape index (κ3) is 8.28. The van der Waals surface area contributed by atoms with Gasteiger partial charge in [0.05, 0.1) is 23.7 Å². The quantitative estimate of drug-likeness (QED) is 0.151. The standard InChI is InChI=1S/C38H38N2O5S/c41-28-31-16-18-32(19-17-31)37-24-35(27-40(25-29-10-4-1-5-11-29)26-30-12-6-2-7-13-30)44-38(45-37)33-20-22-34(23-21-33)39-46(42,43)36-14-8-3-9-15-36/h1-23,35,37-39,41H,24-28H2. The Labute approximate surface area is 271 Å². The lowest BCUT2D eigenvalue weighted by Gasteiger charge is -2.38. The van der Waals surface area contributed by atoms with Crippen LogP contribution in [0.2, 0.25) is 0 Å². The van der Waals surface area contributed by atoms with Crippen molar-refractivity contribution in [2.75, 3.05) is 11.3 Å². The monoisotopic (exact) mass is 634 g/mol. The van der Waals surface area contributed by atoms with Crippen molar-refractivity contribution in [3.63, 3.8) is 0 Å². The van der Waals surface area contributed by atoms with E-state index in [1.54, 1.807) is 42.5 Å². The van der Waals surface area contributed by atoms with E-state index in [2.05, 4.69) is 58.2 Å². The minimum atomic E-state index is -3.71. The predicted molar refractivity (Wildman–Crippen MR) is 179 cm³/mol. The highest BCUT2D eigenvalue weighted by atomic mass is 32.2. The fourth-order valence-corrected chi connectivity index (χ4v) is 6.79. The highest BCUT2D eigenvalue weighted by Gasteiger charge is 2.33. The van der Waals surface area contributed by atoms with Gasteiger partial charge in [-0.3, -0.25) is 9.62 Å². The van der Waals surface area contributed by atoms with Gasteiger partial charge in [0.2, 0.25) is 0 Å². The van der Waals surface area contributed by atoms with Crippen LogP contribution in [0.5, 0.6) is 0 Å². The van der Waals surface area contributed by atoms with Crippen molar-refractivity contribution in [1.82, 2.24) is 4.90 Å². The molecule has 1 fully saturated rings. The van der Waals surface area contributed by atoms with E-state index in [0.29, 0.717) is 18.7 Å². The van der Waals surface area contributed by atoms with Crippen LogP contribution in [0.1, 0.15) is 46.6 Å². The highest BCUT2D eigenvalue weighted by molar-refractivity contribution is 7.92. The van der Waals surface area contributed by atoms with Gasteiger partial charge >= 0.3 is 0 Å². The van der Waals surface area contributed by atoms with Crippen LogP contribution in [0.25, 0.3) is 0 Å². The molecule has 3 atom stereocenters. The van der Waals surface area contributed by atoms with Crippen LogP contribution in [0.4, 0.5) is 5.69 Å². The summed E-state index contributed by atoms with van der Waals surface area (Å²) in [6.45, 7) is 2.21. The summed E-state index contributed by atoms with van der Waals surface area (Å²) >= 11 is 0. The fraction of sp³-hybridized carbons (Fsp3) is 0.211. The lowest BCUT2D eigenvalue weighted by Crippen LogP contribution is -2.39. The molecule has 1 aliphatic heterocycles. The van der Waals surface area contributed by atoms with Crippen molar-refractivity contribution in [2.45, 2.75) is 49.5 Å². The molecule has 0 amide bonds. The molecule has 1 aliphatic rings. The van der Waals surface area contributed by atoms with E-state index in [9.17, 15) is 13.5 Å². The molecule has 0 bridgehead atoms. The van der Waals surface area contributed by atoms with Crippen LogP contribution >= 0.6 is 0 Å². The molecule has 5 aromatic rings. The zero-order valence-corrected chi connectivity index (χ0v) is 26.3. The third-order valence-corrected chi connectivity index (χ3v) is 9.46. The topological polar surface area (TPSA) is 88.1 Å². The zero-order valence-electron chi connectivity index (χ0n) is 25.5. The van der Waals surface area contributed by atoms with E-state index in [-0.39, 0.29) is 23.7 Å². The van der Waals surface area contributed by atoms with Crippen molar-refractivity contribution in [1.29, 1.82) is 0 Å². The smallest absolute Gasteiger partial charge is 0.261 e. The number of hydrogen-bond donors (Lipinski definition) is 2. The summed E-state index contributed by atoms with van der Waals surface area (Å²) < 4.78 is 41.6. The SMILES string of the molecule is O=S(=O)(Nc1ccc(C2OC(CN(Cc3ccccc3)Cc3ccccc3)CC(c3ccc(CO)cc3)O2)cc1)c1ccccc1. The molecule has 0 aliphatic carbocycles. The summed E-state index contributed by atoms with van der Waals surface area (Å²) in [5, 5.41) is 9.57. The second-order valence-electron chi connectivity index (χ2n) is 11.5. The molecule has 2 N–H and O–H groups in total. The van der Waals surface area contributed by atoms with Crippen molar-refractivity contribution < 1.29 is 23.0 Å². The highest BCUT2D eigenvalue weighted by Crippen LogP contribution is 2.38. The van der Waals surface area contributed by atoms with Crippen molar-refractivity contribution >= 4 is 15.7 Å². The Morgan fingerprint density at radius 2 is 1.20 bits per heavy atom. The Morgan fingerprint density at radius 1 is 0.652 bits per heavy atom. The maximum atomic E-state index is 12.9. The number of nitrogens with one attached hydrogen (secondary N) is 1. The van der Waals surface area contributed by atoms with Crippen LogP contribution in [-0.2, 0) is 39.2 Å². The molecular weight excluding hydrogens is 596 g/mol. The van der Waals surface area contributed by atoms with Gasteiger partial charge < -0.3 is 14.6 Å². The number of benzene rings is 5. The molecule has 7 nitrogen and oxygen atoms in total. The number of hydrogen-bond acceptors (Lipinski definition) is 6. The van der Waals surface area contributed by atoms with Crippen LogP contribution in [0.15, 0.2) is 144 Å². The Morgan fingerprint density at radius 3 is 1.76 bits per heavy atom. The minimum Gasteiger partial charge on any atom is -0.392 e. The van der Waals surface area contributed by atoms with Gasteiger partial charge in [-0.25, -0.2) is 8.42 Å². The fourth-order valence-electron chi connectivity index (χ4n) is 5.71. The maximum Gasteiger partial charge on any atom is 0.261 e. The van der Waals surface area contributed by atoms with E-state index in [1.807, 2.05) is 48.5 Å². The molecule has 3 unspecified atom stereocenters. The summed E-state index contributed by atoms with van der Waals surface area (Å²) in [5.74, 6) is 0. The lowest BCUT2D eigenvalue weighted by molar-refractivity contribution is -0.253. The molecule has 0 aromatic heterocycles. The Balaban J connectivity index is 1.24. The van der Waals surface area contributed by atoms with Crippen LogP contribution in [0, 0.1) is 0 Å². The molecule has 5 aromatic carbocycles. The molecule has 236 valence electrons. The molecule has 1 heterocycles. The van der Waals surface area contributed by atoms with E-state index >= 15 is 0 Å². The number of rotatable bonds is 12. The number of ether oxygens (including phenoxy) is 2. The summed E-state index contributed by atoms with van der Waals surface area (Å²) in [6.07, 6.45) is -0.381. The predicted octanol–water partition coefficient (Wildman–Crippen LogP) is 7.23. The third-order valence-electron chi connectivity index (χ3n) is 8.06. The summed E-state index contributed by atoms with van der Waals surface area (Å²) in [5.41, 5.74) is 5.56. The van der Waals surface area contributed by atoms with E-state index in [1.165, 1.54) is 11.1 Å². The molecule has 8 heteroatoms. The second kappa shape index (κ2) is 14.9. The van der Waals surface area contributed by atoms with Gasteiger partial charge in [0.25, 0.3) is 10.0 Å². The minimum absolute atomic E-state index is 0.0194. The molecule has 0 radical (unpaired) electrons. The van der Waals surface area contributed by atoms with E-state index < -0.39 is 16.3 Å². The first-order chi connectivity index (χ1) is 22.4. The van der Waals surface area contributed by atoms with Crippen LogP contribution in [-0.4, -0.2) is 31.1 Å².